The minimum Gasteiger partial charge on any atom is -0.480 e. The van der Waals surface area contributed by atoms with Crippen LogP contribution in [0.15, 0.2) is 36.7 Å². The Balaban J connectivity index is 1.54. The van der Waals surface area contributed by atoms with Crippen molar-refractivity contribution in [1.82, 2.24) is 25.5 Å². The number of nitrogens with zero attached hydrogens (tertiary/aromatic N) is 2. The first-order valence-electron chi connectivity index (χ1n) is 17.1. The molecular formula is C35H54N6O6. The van der Waals surface area contributed by atoms with E-state index >= 15 is 0 Å². The average molecular weight is 655 g/mol. The molecule has 12 heteroatoms. The van der Waals surface area contributed by atoms with Crippen molar-refractivity contribution >= 4 is 23.7 Å². The summed E-state index contributed by atoms with van der Waals surface area (Å²) in [4.78, 5) is 55.8. The van der Waals surface area contributed by atoms with Gasteiger partial charge in [0.1, 0.15) is 23.9 Å². The third kappa shape index (κ3) is 12.4. The van der Waals surface area contributed by atoms with Gasteiger partial charge in [-0.25, -0.2) is 9.78 Å². The fraction of sp³-hybridized carbons (Fsp3) is 0.629. The number of aliphatic hydroxyl groups is 1. The number of nitrogens with two attached hydrogens (primary N) is 1. The van der Waals surface area contributed by atoms with E-state index in [1.807, 2.05) is 37.4 Å². The van der Waals surface area contributed by atoms with Crippen molar-refractivity contribution in [3.05, 3.63) is 53.6 Å². The lowest BCUT2D eigenvalue weighted by molar-refractivity contribution is -0.143. The fourth-order valence-electron chi connectivity index (χ4n) is 6.15. The SMILES string of the molecule is Cc1nccn1CCCCc1ccc(C(C)C(=O)N[C@@H](CO)C(=O)N[C@@H](CCCCN)C(=O)NC(CC2CCCCC2)C(=O)O)cc1. The molecule has 3 amide bonds. The Kier molecular flexibility index (Phi) is 15.9. The van der Waals surface area contributed by atoms with Gasteiger partial charge in [-0.15, -0.1) is 0 Å². The highest BCUT2D eigenvalue weighted by Gasteiger charge is 2.31. The molecule has 7 N–H and O–H groups in total. The normalized spacial score (nSPS) is 16.1. The third-order valence-corrected chi connectivity index (χ3v) is 9.21. The number of rotatable bonds is 20. The highest BCUT2D eigenvalue weighted by atomic mass is 16.4. The van der Waals surface area contributed by atoms with E-state index in [-0.39, 0.29) is 12.3 Å². The molecule has 3 rings (SSSR count). The van der Waals surface area contributed by atoms with Crippen molar-refractivity contribution in [3.63, 3.8) is 0 Å². The van der Waals surface area contributed by atoms with Gasteiger partial charge < -0.3 is 36.5 Å². The van der Waals surface area contributed by atoms with Crippen LogP contribution >= 0.6 is 0 Å². The number of aryl methyl sites for hydroxylation is 3. The van der Waals surface area contributed by atoms with Crippen LogP contribution in [0.1, 0.15) is 100 Å². The number of hydrogen-bond donors (Lipinski definition) is 6. The van der Waals surface area contributed by atoms with Gasteiger partial charge >= 0.3 is 5.97 Å². The second-order valence-corrected chi connectivity index (χ2v) is 12.8. The molecule has 4 atom stereocenters. The second kappa shape index (κ2) is 19.8. The van der Waals surface area contributed by atoms with Crippen molar-refractivity contribution in [3.8, 4) is 0 Å². The van der Waals surface area contributed by atoms with Gasteiger partial charge in [-0.2, -0.15) is 0 Å². The van der Waals surface area contributed by atoms with E-state index in [4.69, 9.17) is 5.73 Å². The number of nitrogens with one attached hydrogen (secondary N) is 3. The second-order valence-electron chi connectivity index (χ2n) is 12.8. The zero-order valence-corrected chi connectivity index (χ0v) is 28.0. The summed E-state index contributed by atoms with van der Waals surface area (Å²) in [6.07, 6.45) is 13.6. The van der Waals surface area contributed by atoms with Gasteiger partial charge in [0.05, 0.1) is 12.5 Å². The molecule has 1 aliphatic rings. The number of benzene rings is 1. The maximum Gasteiger partial charge on any atom is 0.326 e. The first-order chi connectivity index (χ1) is 22.6. The molecule has 0 bridgehead atoms. The van der Waals surface area contributed by atoms with Gasteiger partial charge in [-0.1, -0.05) is 56.4 Å². The van der Waals surface area contributed by atoms with E-state index in [0.717, 1.165) is 69.3 Å². The molecule has 1 saturated carbocycles. The number of imidazole rings is 1. The van der Waals surface area contributed by atoms with Crippen LogP contribution in [0.4, 0.5) is 0 Å². The molecule has 0 radical (unpaired) electrons. The molecule has 0 spiro atoms. The number of unbranched alkanes of at least 4 members (excludes halogenated alkanes) is 2. The Labute approximate surface area is 278 Å². The van der Waals surface area contributed by atoms with E-state index in [0.29, 0.717) is 25.8 Å². The molecule has 1 heterocycles. The summed E-state index contributed by atoms with van der Waals surface area (Å²) >= 11 is 0. The first-order valence-corrected chi connectivity index (χ1v) is 17.1. The number of carbonyl (C=O) groups excluding carboxylic acids is 3. The van der Waals surface area contributed by atoms with Gasteiger partial charge in [0.2, 0.25) is 17.7 Å². The first kappa shape index (κ1) is 37.7. The molecule has 1 aromatic heterocycles. The van der Waals surface area contributed by atoms with Crippen LogP contribution in [0.2, 0.25) is 0 Å². The quantitative estimate of drug-likeness (QED) is 0.118. The smallest absolute Gasteiger partial charge is 0.326 e. The topological polar surface area (TPSA) is 189 Å². The zero-order chi connectivity index (χ0) is 34.2. The summed E-state index contributed by atoms with van der Waals surface area (Å²) in [6.45, 7) is 4.37. The average Bonchev–Trinajstić information content (AvgIpc) is 3.49. The molecule has 1 fully saturated rings. The Morgan fingerprint density at radius 3 is 2.19 bits per heavy atom. The zero-order valence-electron chi connectivity index (χ0n) is 28.0. The van der Waals surface area contributed by atoms with Crippen LogP contribution in [-0.2, 0) is 32.1 Å². The third-order valence-electron chi connectivity index (χ3n) is 9.21. The molecule has 2 unspecified atom stereocenters. The van der Waals surface area contributed by atoms with Crippen molar-refractivity contribution in [2.75, 3.05) is 13.2 Å². The van der Waals surface area contributed by atoms with Crippen LogP contribution in [0.3, 0.4) is 0 Å². The highest BCUT2D eigenvalue weighted by Crippen LogP contribution is 2.27. The monoisotopic (exact) mass is 654 g/mol. The lowest BCUT2D eigenvalue weighted by Crippen LogP contribution is -2.57. The largest absolute Gasteiger partial charge is 0.480 e. The number of amides is 3. The molecule has 1 aliphatic carbocycles. The lowest BCUT2D eigenvalue weighted by atomic mass is 9.84. The van der Waals surface area contributed by atoms with Crippen LogP contribution in [0, 0.1) is 12.8 Å². The predicted molar refractivity (Wildman–Crippen MR) is 179 cm³/mol. The van der Waals surface area contributed by atoms with Crippen LogP contribution in [0.25, 0.3) is 0 Å². The predicted octanol–water partition coefficient (Wildman–Crippen LogP) is 2.95. The van der Waals surface area contributed by atoms with Crippen molar-refractivity contribution < 1.29 is 29.4 Å². The lowest BCUT2D eigenvalue weighted by Gasteiger charge is -2.27. The van der Waals surface area contributed by atoms with Crippen LogP contribution in [0.5, 0.6) is 0 Å². The van der Waals surface area contributed by atoms with E-state index in [2.05, 4.69) is 25.5 Å². The molecule has 0 saturated heterocycles. The molecular weight excluding hydrogens is 600 g/mol. The summed E-state index contributed by atoms with van der Waals surface area (Å²) in [5.41, 5.74) is 7.56. The number of aliphatic hydroxyl groups excluding tert-OH is 1. The van der Waals surface area contributed by atoms with E-state index < -0.39 is 54.3 Å². The van der Waals surface area contributed by atoms with Gasteiger partial charge in [-0.3, -0.25) is 14.4 Å². The minimum atomic E-state index is -1.29. The number of aromatic nitrogens is 2. The summed E-state index contributed by atoms with van der Waals surface area (Å²) < 4.78 is 2.13. The van der Waals surface area contributed by atoms with Gasteiger partial charge in [-0.05, 0) is 82.4 Å². The summed E-state index contributed by atoms with van der Waals surface area (Å²) in [7, 11) is 0. The Hall–Kier alpha value is -3.77. The summed E-state index contributed by atoms with van der Waals surface area (Å²) in [5.74, 6) is -2.23. The summed E-state index contributed by atoms with van der Waals surface area (Å²) in [5, 5.41) is 27.7. The standard InChI is InChI=1S/C35H54N6O6/c1-24(28-16-14-26(15-17-28)10-7-9-20-41-21-19-37-25(41)2)32(43)40-31(23-42)34(45)38-29(13-6-8-18-36)33(44)39-30(35(46)47)22-27-11-4-3-5-12-27/h14-17,19,21,24,27,29-31,42H,3-13,18,20,22-23,36H2,1-2H3,(H,38,45)(H,39,44)(H,40,43)(H,46,47)/t24?,29-,30?,31-/m0/s1. The number of carboxylic acids is 1. The van der Waals surface area contributed by atoms with Crippen LogP contribution < -0.4 is 21.7 Å². The van der Waals surface area contributed by atoms with Crippen molar-refractivity contribution in [2.24, 2.45) is 11.7 Å². The van der Waals surface area contributed by atoms with Gasteiger partial charge in [0, 0.05) is 18.9 Å². The summed E-state index contributed by atoms with van der Waals surface area (Å²) in [6, 6.07) is 4.41. The number of aliphatic carboxylic acids is 1. The molecule has 0 aliphatic heterocycles. The number of hydrogen-bond acceptors (Lipinski definition) is 7. The molecule has 1 aromatic carbocycles. The molecule has 2 aromatic rings. The van der Waals surface area contributed by atoms with Crippen molar-refractivity contribution in [1.29, 1.82) is 0 Å². The Morgan fingerprint density at radius 1 is 0.915 bits per heavy atom. The minimum absolute atomic E-state index is 0.227. The van der Waals surface area contributed by atoms with E-state index in [9.17, 15) is 29.4 Å². The fourth-order valence-corrected chi connectivity index (χ4v) is 6.15. The Bertz CT molecular complexity index is 1280. The van der Waals surface area contributed by atoms with Crippen molar-refractivity contribution in [2.45, 2.75) is 121 Å². The number of carbonyl (C=O) groups is 4. The van der Waals surface area contributed by atoms with Gasteiger partial charge in [0.15, 0.2) is 0 Å². The van der Waals surface area contributed by atoms with E-state index in [1.165, 1.54) is 5.56 Å². The number of carboxylic acid groups (broad SMARTS) is 1. The molecule has 47 heavy (non-hydrogen) atoms. The molecule has 12 nitrogen and oxygen atoms in total. The van der Waals surface area contributed by atoms with E-state index in [1.54, 1.807) is 13.1 Å². The maximum atomic E-state index is 13.3. The maximum absolute atomic E-state index is 13.3. The highest BCUT2D eigenvalue weighted by molar-refractivity contribution is 5.94. The molecule has 260 valence electrons. The Morgan fingerprint density at radius 2 is 1.57 bits per heavy atom. The van der Waals surface area contributed by atoms with Gasteiger partial charge in [0.25, 0.3) is 0 Å². The van der Waals surface area contributed by atoms with Crippen LogP contribution in [-0.4, -0.2) is 74.7 Å².